The first-order valence-electron chi connectivity index (χ1n) is 5.64. The zero-order valence-electron chi connectivity index (χ0n) is 9.54. The summed E-state index contributed by atoms with van der Waals surface area (Å²) in [5.41, 5.74) is 3.87. The molecule has 2 aromatic carbocycles. The number of benzene rings is 2. The minimum absolute atomic E-state index is 0.0896. The Kier molecular flexibility index (Phi) is 2.41. The Hall–Kier alpha value is -2.49. The van der Waals surface area contributed by atoms with E-state index in [4.69, 9.17) is 0 Å². The van der Waals surface area contributed by atoms with Crippen molar-refractivity contribution in [1.82, 2.24) is 0 Å². The number of aliphatic imine (C=N–C) groups is 1. The number of non-ortho nitro benzene ring substituents is 1. The van der Waals surface area contributed by atoms with Crippen molar-refractivity contribution >= 4 is 17.1 Å². The van der Waals surface area contributed by atoms with Crippen LogP contribution in [0.1, 0.15) is 11.1 Å². The lowest BCUT2D eigenvalue weighted by molar-refractivity contribution is -0.384. The number of hydrogen-bond donors (Lipinski definition) is 0. The zero-order chi connectivity index (χ0) is 12.5. The Morgan fingerprint density at radius 1 is 1.11 bits per heavy atom. The van der Waals surface area contributed by atoms with Gasteiger partial charge in [-0.2, -0.15) is 0 Å². The number of nitro groups is 1. The summed E-state index contributed by atoms with van der Waals surface area (Å²) in [6.07, 6.45) is 0.733. The van der Waals surface area contributed by atoms with Crippen LogP contribution in [0.15, 0.2) is 53.5 Å². The molecule has 1 aliphatic rings. The molecule has 18 heavy (non-hydrogen) atoms. The van der Waals surface area contributed by atoms with E-state index in [-0.39, 0.29) is 5.69 Å². The van der Waals surface area contributed by atoms with Gasteiger partial charge in [0, 0.05) is 18.6 Å². The van der Waals surface area contributed by atoms with Crippen molar-refractivity contribution in [2.24, 2.45) is 4.99 Å². The summed E-state index contributed by atoms with van der Waals surface area (Å²) < 4.78 is 0. The monoisotopic (exact) mass is 238 g/mol. The molecule has 0 aliphatic carbocycles. The molecular weight excluding hydrogens is 228 g/mol. The summed E-state index contributed by atoms with van der Waals surface area (Å²) in [7, 11) is 0. The molecule has 88 valence electrons. The molecule has 0 unspecified atom stereocenters. The van der Waals surface area contributed by atoms with Crippen molar-refractivity contribution < 1.29 is 4.92 Å². The van der Waals surface area contributed by atoms with Crippen LogP contribution in [-0.4, -0.2) is 10.6 Å². The SMILES string of the molecule is O=[N+]([O-])c1ccc2c(c1)N=C(c1ccccc1)C2. The highest BCUT2D eigenvalue weighted by molar-refractivity contribution is 6.06. The summed E-state index contributed by atoms with van der Waals surface area (Å²) in [6.45, 7) is 0. The van der Waals surface area contributed by atoms with Crippen molar-refractivity contribution in [3.63, 3.8) is 0 Å². The first-order valence-corrected chi connectivity index (χ1v) is 5.64. The molecule has 3 rings (SSSR count). The summed E-state index contributed by atoms with van der Waals surface area (Å²) in [4.78, 5) is 14.8. The predicted octanol–water partition coefficient (Wildman–Crippen LogP) is 3.27. The van der Waals surface area contributed by atoms with Crippen molar-refractivity contribution in [1.29, 1.82) is 0 Å². The molecule has 0 saturated carbocycles. The molecule has 1 heterocycles. The highest BCUT2D eigenvalue weighted by Crippen LogP contribution is 2.32. The van der Waals surface area contributed by atoms with E-state index < -0.39 is 4.92 Å². The largest absolute Gasteiger partial charge is 0.271 e. The van der Waals surface area contributed by atoms with Crippen molar-refractivity contribution in [3.05, 3.63) is 69.8 Å². The molecule has 4 nitrogen and oxygen atoms in total. The molecule has 0 fully saturated rings. The van der Waals surface area contributed by atoms with Gasteiger partial charge in [-0.3, -0.25) is 15.1 Å². The first-order chi connectivity index (χ1) is 8.74. The minimum Gasteiger partial charge on any atom is -0.258 e. The number of rotatable bonds is 2. The van der Waals surface area contributed by atoms with E-state index in [0.29, 0.717) is 5.69 Å². The lowest BCUT2D eigenvalue weighted by Gasteiger charge is -1.98. The van der Waals surface area contributed by atoms with Crippen LogP contribution in [0, 0.1) is 10.1 Å². The lowest BCUT2D eigenvalue weighted by atomic mass is 10.0. The van der Waals surface area contributed by atoms with E-state index in [9.17, 15) is 10.1 Å². The molecule has 0 radical (unpaired) electrons. The standard InChI is InChI=1S/C14H10N2O2/c17-16(18)12-7-6-11-8-13(15-14(11)9-12)10-4-2-1-3-5-10/h1-7,9H,8H2. The Morgan fingerprint density at radius 2 is 1.89 bits per heavy atom. The second-order valence-corrected chi connectivity index (χ2v) is 4.17. The average Bonchev–Trinajstić information content (AvgIpc) is 2.82. The second-order valence-electron chi connectivity index (χ2n) is 4.17. The van der Waals surface area contributed by atoms with Gasteiger partial charge in [-0.1, -0.05) is 30.3 Å². The van der Waals surface area contributed by atoms with Crippen molar-refractivity contribution in [2.45, 2.75) is 6.42 Å². The predicted molar refractivity (Wildman–Crippen MR) is 69.4 cm³/mol. The molecule has 0 N–H and O–H groups in total. The summed E-state index contributed by atoms with van der Waals surface area (Å²) in [5.74, 6) is 0. The van der Waals surface area contributed by atoms with Gasteiger partial charge < -0.3 is 0 Å². The first kappa shape index (κ1) is 10.7. The molecular formula is C14H10N2O2. The number of hydrogen-bond acceptors (Lipinski definition) is 3. The van der Waals surface area contributed by atoms with Gasteiger partial charge in [0.25, 0.3) is 5.69 Å². The highest BCUT2D eigenvalue weighted by Gasteiger charge is 2.18. The third-order valence-corrected chi connectivity index (χ3v) is 3.00. The third-order valence-electron chi connectivity index (χ3n) is 3.00. The van der Waals surface area contributed by atoms with Crippen LogP contribution in [0.2, 0.25) is 0 Å². The minimum atomic E-state index is -0.393. The van der Waals surface area contributed by atoms with Gasteiger partial charge in [0.2, 0.25) is 0 Å². The van der Waals surface area contributed by atoms with Crippen molar-refractivity contribution in [2.75, 3.05) is 0 Å². The smallest absolute Gasteiger partial charge is 0.258 e. The average molecular weight is 238 g/mol. The lowest BCUT2D eigenvalue weighted by Crippen LogP contribution is -1.99. The van der Waals surface area contributed by atoms with Gasteiger partial charge in [0.1, 0.15) is 0 Å². The molecule has 0 bridgehead atoms. The molecule has 0 saturated heterocycles. The third kappa shape index (κ3) is 1.78. The van der Waals surface area contributed by atoms with E-state index in [2.05, 4.69) is 4.99 Å². The summed E-state index contributed by atoms with van der Waals surface area (Å²) >= 11 is 0. The van der Waals surface area contributed by atoms with Gasteiger partial charge in [-0.15, -0.1) is 0 Å². The summed E-state index contributed by atoms with van der Waals surface area (Å²) in [5, 5.41) is 10.7. The van der Waals surface area contributed by atoms with Crippen LogP contribution >= 0.6 is 0 Å². The van der Waals surface area contributed by atoms with Crippen LogP contribution in [0.25, 0.3) is 0 Å². The van der Waals surface area contributed by atoms with E-state index in [0.717, 1.165) is 23.3 Å². The Morgan fingerprint density at radius 3 is 2.61 bits per heavy atom. The van der Waals surface area contributed by atoms with Crippen molar-refractivity contribution in [3.8, 4) is 0 Å². The second kappa shape index (κ2) is 4.07. The Labute approximate surface area is 104 Å². The fourth-order valence-corrected chi connectivity index (χ4v) is 2.08. The molecule has 0 amide bonds. The van der Waals surface area contributed by atoms with Crippen LogP contribution < -0.4 is 0 Å². The van der Waals surface area contributed by atoms with Gasteiger partial charge in [-0.25, -0.2) is 0 Å². The molecule has 1 aliphatic heterocycles. The van der Waals surface area contributed by atoms with Crippen LogP contribution in [0.5, 0.6) is 0 Å². The number of nitrogens with zero attached hydrogens (tertiary/aromatic N) is 2. The van der Waals surface area contributed by atoms with E-state index >= 15 is 0 Å². The van der Waals surface area contributed by atoms with Crippen LogP contribution in [-0.2, 0) is 6.42 Å². The van der Waals surface area contributed by atoms with Gasteiger partial charge in [0.15, 0.2) is 0 Å². The molecule has 0 aromatic heterocycles. The van der Waals surface area contributed by atoms with Gasteiger partial charge in [-0.05, 0) is 17.2 Å². The van der Waals surface area contributed by atoms with E-state index in [1.165, 1.54) is 12.1 Å². The molecule has 0 atom stereocenters. The molecule has 4 heteroatoms. The number of nitro benzene ring substituents is 1. The topological polar surface area (TPSA) is 55.5 Å². The normalized spacial score (nSPS) is 13.0. The zero-order valence-corrected chi connectivity index (χ0v) is 9.54. The highest BCUT2D eigenvalue weighted by atomic mass is 16.6. The van der Waals surface area contributed by atoms with Crippen LogP contribution in [0.4, 0.5) is 11.4 Å². The van der Waals surface area contributed by atoms with Crippen LogP contribution in [0.3, 0.4) is 0 Å². The molecule has 2 aromatic rings. The van der Waals surface area contributed by atoms with E-state index in [1.807, 2.05) is 30.3 Å². The maximum absolute atomic E-state index is 10.7. The quantitative estimate of drug-likeness (QED) is 0.595. The summed E-state index contributed by atoms with van der Waals surface area (Å²) in [6, 6.07) is 14.7. The molecule has 0 spiro atoms. The maximum Gasteiger partial charge on any atom is 0.271 e. The number of fused-ring (bicyclic) bond motifs is 1. The Balaban J connectivity index is 2.00. The maximum atomic E-state index is 10.7. The van der Waals surface area contributed by atoms with Gasteiger partial charge >= 0.3 is 0 Å². The van der Waals surface area contributed by atoms with Gasteiger partial charge in [0.05, 0.1) is 16.3 Å². The fourth-order valence-electron chi connectivity index (χ4n) is 2.08. The Bertz CT molecular complexity index is 648. The van der Waals surface area contributed by atoms with E-state index in [1.54, 1.807) is 6.07 Å². The fraction of sp³-hybridized carbons (Fsp3) is 0.0714.